The van der Waals surface area contributed by atoms with Crippen LogP contribution in [0.15, 0.2) is 48.7 Å². The Morgan fingerprint density at radius 2 is 2.11 bits per heavy atom. The molecule has 6 heteroatoms. The Hall–Kier alpha value is -3.02. The molecule has 0 spiro atoms. The summed E-state index contributed by atoms with van der Waals surface area (Å²) in [6, 6.07) is 13.4. The zero-order chi connectivity index (χ0) is 18.6. The van der Waals surface area contributed by atoms with Crippen LogP contribution < -0.4 is 9.47 Å². The van der Waals surface area contributed by atoms with Crippen LogP contribution in [0.4, 0.5) is 0 Å². The highest BCUT2D eigenvalue weighted by atomic mass is 16.5. The Balaban J connectivity index is 1.40. The number of ether oxygens (including phenoxy) is 2. The summed E-state index contributed by atoms with van der Waals surface area (Å²) in [5, 5.41) is 0. The summed E-state index contributed by atoms with van der Waals surface area (Å²) in [5.74, 6) is 1.51. The molecule has 1 atom stereocenters. The normalized spacial score (nSPS) is 17.1. The van der Waals surface area contributed by atoms with Gasteiger partial charge in [-0.15, -0.1) is 0 Å². The molecule has 0 bridgehead atoms. The summed E-state index contributed by atoms with van der Waals surface area (Å²) in [5.41, 5.74) is 3.15. The highest BCUT2D eigenvalue weighted by Crippen LogP contribution is 2.29. The van der Waals surface area contributed by atoms with Gasteiger partial charge in [-0.3, -0.25) is 9.78 Å². The number of aromatic amines is 1. The van der Waals surface area contributed by atoms with Crippen LogP contribution in [0.5, 0.6) is 11.5 Å². The van der Waals surface area contributed by atoms with Crippen LogP contribution in [0.1, 0.15) is 24.5 Å². The summed E-state index contributed by atoms with van der Waals surface area (Å²) < 4.78 is 11.0. The first-order valence-electron chi connectivity index (χ1n) is 9.22. The number of rotatable bonds is 5. The highest BCUT2D eigenvalue weighted by molar-refractivity contribution is 5.78. The fourth-order valence-electron chi connectivity index (χ4n) is 3.62. The quantitative estimate of drug-likeness (QED) is 0.753. The molecule has 1 amide bonds. The number of nitrogens with zero attached hydrogens (tertiary/aromatic N) is 2. The van der Waals surface area contributed by atoms with Crippen molar-refractivity contribution in [1.82, 2.24) is 14.9 Å². The molecule has 6 nitrogen and oxygen atoms in total. The SMILES string of the molecule is COc1ccccc1OCC(=O)N1CCC[C@@H](c2cc3ncccc3[nH]2)C1. The molecule has 0 radical (unpaired) electrons. The average molecular weight is 365 g/mol. The fourth-order valence-corrected chi connectivity index (χ4v) is 3.62. The second-order valence-electron chi connectivity index (χ2n) is 6.78. The number of carbonyl (C=O) groups excluding carboxylic acids is 1. The fraction of sp³-hybridized carbons (Fsp3) is 0.333. The van der Waals surface area contributed by atoms with E-state index in [-0.39, 0.29) is 12.5 Å². The number of piperidine rings is 1. The number of benzene rings is 1. The minimum absolute atomic E-state index is 0.000146. The van der Waals surface area contributed by atoms with Crippen LogP contribution >= 0.6 is 0 Å². The number of amides is 1. The predicted molar refractivity (Wildman–Crippen MR) is 103 cm³/mol. The van der Waals surface area contributed by atoms with E-state index in [1.165, 1.54) is 0 Å². The highest BCUT2D eigenvalue weighted by Gasteiger charge is 2.26. The van der Waals surface area contributed by atoms with E-state index >= 15 is 0 Å². The Morgan fingerprint density at radius 1 is 1.26 bits per heavy atom. The molecule has 1 aromatic carbocycles. The number of likely N-dealkylation sites (tertiary alicyclic amines) is 1. The number of nitrogens with one attached hydrogen (secondary N) is 1. The van der Waals surface area contributed by atoms with Gasteiger partial charge in [0.25, 0.3) is 5.91 Å². The third-order valence-electron chi connectivity index (χ3n) is 5.04. The summed E-state index contributed by atoms with van der Waals surface area (Å²) >= 11 is 0. The number of hydrogen-bond donors (Lipinski definition) is 1. The van der Waals surface area contributed by atoms with Gasteiger partial charge in [0.1, 0.15) is 0 Å². The van der Waals surface area contributed by atoms with Crippen molar-refractivity contribution in [2.45, 2.75) is 18.8 Å². The molecule has 1 saturated heterocycles. The van der Waals surface area contributed by atoms with Crippen molar-refractivity contribution >= 4 is 16.9 Å². The molecule has 140 valence electrons. The summed E-state index contributed by atoms with van der Waals surface area (Å²) in [4.78, 5) is 22.4. The molecule has 3 aromatic rings. The van der Waals surface area contributed by atoms with Crippen molar-refractivity contribution in [3.8, 4) is 11.5 Å². The maximum Gasteiger partial charge on any atom is 0.260 e. The molecule has 0 unspecified atom stereocenters. The summed E-state index contributed by atoms with van der Waals surface area (Å²) in [7, 11) is 1.59. The maximum atomic E-state index is 12.7. The standard InChI is InChI=1S/C21H23N3O3/c1-26-19-8-2-3-9-20(19)27-14-21(25)24-11-5-6-15(13-24)17-12-18-16(23-17)7-4-10-22-18/h2-4,7-10,12,15,23H,5-6,11,13-14H2,1H3/t15-/m1/s1. The van der Waals surface area contributed by atoms with Gasteiger partial charge < -0.3 is 19.4 Å². The van der Waals surface area contributed by atoms with Gasteiger partial charge in [-0.2, -0.15) is 0 Å². The number of para-hydroxylation sites is 2. The number of pyridine rings is 1. The molecule has 1 aliphatic heterocycles. The van der Waals surface area contributed by atoms with Crippen molar-refractivity contribution in [3.63, 3.8) is 0 Å². The van der Waals surface area contributed by atoms with E-state index in [0.29, 0.717) is 24.0 Å². The van der Waals surface area contributed by atoms with Crippen LogP contribution in [0.2, 0.25) is 0 Å². The van der Waals surface area contributed by atoms with E-state index in [0.717, 1.165) is 36.1 Å². The lowest BCUT2D eigenvalue weighted by atomic mass is 9.95. The second kappa shape index (κ2) is 7.70. The molecule has 0 saturated carbocycles. The van der Waals surface area contributed by atoms with Crippen LogP contribution in [0, 0.1) is 0 Å². The first-order valence-corrected chi connectivity index (χ1v) is 9.22. The van der Waals surface area contributed by atoms with Gasteiger partial charge in [0.05, 0.1) is 18.1 Å². The zero-order valence-electron chi connectivity index (χ0n) is 15.4. The molecule has 3 heterocycles. The molecule has 1 aliphatic rings. The first kappa shape index (κ1) is 17.4. The third kappa shape index (κ3) is 3.74. The minimum atomic E-state index is -0.000146. The minimum Gasteiger partial charge on any atom is -0.493 e. The first-order chi connectivity index (χ1) is 13.2. The molecular weight excluding hydrogens is 342 g/mol. The number of aromatic nitrogens is 2. The smallest absolute Gasteiger partial charge is 0.260 e. The molecule has 0 aliphatic carbocycles. The van der Waals surface area contributed by atoms with Gasteiger partial charge in [0.15, 0.2) is 18.1 Å². The van der Waals surface area contributed by atoms with Crippen LogP contribution in [-0.4, -0.2) is 47.6 Å². The van der Waals surface area contributed by atoms with Crippen LogP contribution in [0.3, 0.4) is 0 Å². The van der Waals surface area contributed by atoms with Crippen molar-refractivity contribution < 1.29 is 14.3 Å². The third-order valence-corrected chi connectivity index (χ3v) is 5.04. The monoisotopic (exact) mass is 365 g/mol. The number of carbonyl (C=O) groups is 1. The lowest BCUT2D eigenvalue weighted by Crippen LogP contribution is -2.41. The van der Waals surface area contributed by atoms with Gasteiger partial charge in [-0.05, 0) is 43.2 Å². The van der Waals surface area contributed by atoms with Gasteiger partial charge in [-0.1, -0.05) is 12.1 Å². The molecular formula is C21H23N3O3. The Kier molecular flexibility index (Phi) is 4.96. The van der Waals surface area contributed by atoms with Crippen molar-refractivity contribution in [2.24, 2.45) is 0 Å². The molecule has 4 rings (SSSR count). The molecule has 1 fully saturated rings. The lowest BCUT2D eigenvalue weighted by molar-refractivity contribution is -0.134. The number of H-pyrrole nitrogens is 1. The lowest BCUT2D eigenvalue weighted by Gasteiger charge is -2.32. The van der Waals surface area contributed by atoms with Crippen LogP contribution in [-0.2, 0) is 4.79 Å². The predicted octanol–water partition coefficient (Wildman–Crippen LogP) is 3.36. The molecule has 1 N–H and O–H groups in total. The maximum absolute atomic E-state index is 12.7. The van der Waals surface area contributed by atoms with E-state index in [1.807, 2.05) is 41.3 Å². The van der Waals surface area contributed by atoms with E-state index in [4.69, 9.17) is 9.47 Å². The Labute approximate surface area is 158 Å². The van der Waals surface area contributed by atoms with Gasteiger partial charge in [0, 0.05) is 30.9 Å². The van der Waals surface area contributed by atoms with Crippen molar-refractivity contribution in [3.05, 3.63) is 54.4 Å². The number of fused-ring (bicyclic) bond motifs is 1. The topological polar surface area (TPSA) is 67.5 Å². The molecule has 27 heavy (non-hydrogen) atoms. The number of hydrogen-bond acceptors (Lipinski definition) is 4. The van der Waals surface area contributed by atoms with Crippen molar-refractivity contribution in [2.75, 3.05) is 26.8 Å². The van der Waals surface area contributed by atoms with Crippen molar-refractivity contribution in [1.29, 1.82) is 0 Å². The van der Waals surface area contributed by atoms with E-state index < -0.39 is 0 Å². The van der Waals surface area contributed by atoms with E-state index in [1.54, 1.807) is 13.3 Å². The number of methoxy groups -OCH3 is 1. The molecule has 2 aromatic heterocycles. The van der Waals surface area contributed by atoms with Crippen LogP contribution in [0.25, 0.3) is 11.0 Å². The average Bonchev–Trinajstić information content (AvgIpc) is 3.16. The summed E-state index contributed by atoms with van der Waals surface area (Å²) in [6.07, 6.45) is 3.84. The van der Waals surface area contributed by atoms with Gasteiger partial charge >= 0.3 is 0 Å². The zero-order valence-corrected chi connectivity index (χ0v) is 15.4. The van der Waals surface area contributed by atoms with Gasteiger partial charge in [0.2, 0.25) is 0 Å². The second-order valence-corrected chi connectivity index (χ2v) is 6.78. The Bertz CT molecular complexity index is 904. The van der Waals surface area contributed by atoms with Gasteiger partial charge in [-0.25, -0.2) is 0 Å². The summed E-state index contributed by atoms with van der Waals surface area (Å²) in [6.45, 7) is 1.48. The largest absolute Gasteiger partial charge is 0.493 e. The Morgan fingerprint density at radius 3 is 2.93 bits per heavy atom. The van der Waals surface area contributed by atoms with E-state index in [2.05, 4.69) is 16.0 Å². The van der Waals surface area contributed by atoms with E-state index in [9.17, 15) is 4.79 Å².